The third-order valence-corrected chi connectivity index (χ3v) is 5.68. The molecule has 0 fully saturated rings. The molecule has 3 aromatic rings. The lowest BCUT2D eigenvalue weighted by Gasteiger charge is -2.25. The van der Waals surface area contributed by atoms with Crippen LogP contribution in [0.25, 0.3) is 11.3 Å². The molecule has 0 aliphatic heterocycles. The number of aromatic nitrogens is 2. The number of carbonyl (C=O) groups is 1. The van der Waals surface area contributed by atoms with E-state index in [1.807, 2.05) is 12.1 Å². The molecule has 0 radical (unpaired) electrons. The van der Waals surface area contributed by atoms with Crippen LogP contribution < -0.4 is 5.73 Å². The summed E-state index contributed by atoms with van der Waals surface area (Å²) in [6.45, 7) is 4.32. The molecule has 0 saturated heterocycles. The highest BCUT2D eigenvalue weighted by molar-refractivity contribution is 6.02. The van der Waals surface area contributed by atoms with Gasteiger partial charge in [-0.1, -0.05) is 26.0 Å². The van der Waals surface area contributed by atoms with Crippen LogP contribution in [0.1, 0.15) is 47.4 Å². The van der Waals surface area contributed by atoms with Crippen molar-refractivity contribution >= 4 is 11.6 Å². The second-order valence-electron chi connectivity index (χ2n) is 7.94. The highest BCUT2D eigenvalue weighted by Gasteiger charge is 2.32. The molecule has 1 aromatic carbocycles. The summed E-state index contributed by atoms with van der Waals surface area (Å²) in [7, 11) is 0. The summed E-state index contributed by atoms with van der Waals surface area (Å²) < 4.78 is 13.3. The SMILES string of the molecule is CC(C)[C@H]1CC(=O)c2c([nH]c(-c3ccnc(N)c3)c2Cc2ccc(F)cc2)C1. The summed E-state index contributed by atoms with van der Waals surface area (Å²) >= 11 is 0. The maximum atomic E-state index is 13.3. The zero-order chi connectivity index (χ0) is 19.8. The van der Waals surface area contributed by atoms with Crippen molar-refractivity contribution in [3.05, 3.63) is 70.8 Å². The van der Waals surface area contributed by atoms with Gasteiger partial charge in [0, 0.05) is 35.9 Å². The average Bonchev–Trinajstić information content (AvgIpc) is 3.02. The van der Waals surface area contributed by atoms with Crippen LogP contribution >= 0.6 is 0 Å². The van der Waals surface area contributed by atoms with E-state index in [4.69, 9.17) is 5.73 Å². The normalized spacial score (nSPS) is 16.4. The topological polar surface area (TPSA) is 71.8 Å². The summed E-state index contributed by atoms with van der Waals surface area (Å²) in [6.07, 6.45) is 3.65. The molecule has 1 atom stereocenters. The Kier molecular flexibility index (Phi) is 4.75. The fourth-order valence-corrected chi connectivity index (χ4v) is 4.07. The zero-order valence-electron chi connectivity index (χ0n) is 16.1. The van der Waals surface area contributed by atoms with E-state index in [-0.39, 0.29) is 11.6 Å². The molecule has 1 aliphatic carbocycles. The first-order valence-electron chi connectivity index (χ1n) is 9.65. The summed E-state index contributed by atoms with van der Waals surface area (Å²) in [5, 5.41) is 0. The summed E-state index contributed by atoms with van der Waals surface area (Å²) in [5.74, 6) is 1.14. The number of nitrogen functional groups attached to an aromatic ring is 1. The van der Waals surface area contributed by atoms with E-state index >= 15 is 0 Å². The minimum atomic E-state index is -0.266. The molecule has 2 heterocycles. The van der Waals surface area contributed by atoms with Crippen molar-refractivity contribution in [2.75, 3.05) is 5.73 Å². The lowest BCUT2D eigenvalue weighted by molar-refractivity contribution is 0.0932. The number of nitrogens with zero attached hydrogens (tertiary/aromatic N) is 1. The van der Waals surface area contributed by atoms with Gasteiger partial charge in [-0.15, -0.1) is 0 Å². The molecule has 1 aliphatic rings. The number of anilines is 1. The van der Waals surface area contributed by atoms with Gasteiger partial charge in [0.25, 0.3) is 0 Å². The van der Waals surface area contributed by atoms with Crippen LogP contribution in [0.5, 0.6) is 0 Å². The maximum absolute atomic E-state index is 13.3. The minimum Gasteiger partial charge on any atom is -0.384 e. The Bertz CT molecular complexity index is 1020. The number of benzene rings is 1. The molecular weight excluding hydrogens is 353 g/mol. The molecule has 2 aromatic heterocycles. The number of pyridine rings is 1. The van der Waals surface area contributed by atoms with Gasteiger partial charge < -0.3 is 10.7 Å². The number of fused-ring (bicyclic) bond motifs is 1. The number of H-pyrrole nitrogens is 1. The molecule has 0 saturated carbocycles. The molecule has 0 bridgehead atoms. The average molecular weight is 377 g/mol. The Morgan fingerprint density at radius 1 is 1.21 bits per heavy atom. The zero-order valence-corrected chi connectivity index (χ0v) is 16.1. The van der Waals surface area contributed by atoms with Crippen molar-refractivity contribution in [1.29, 1.82) is 0 Å². The smallest absolute Gasteiger partial charge is 0.165 e. The van der Waals surface area contributed by atoms with Crippen LogP contribution in [0.3, 0.4) is 0 Å². The number of Topliss-reactive ketones (excluding diaryl/α,β-unsaturated/α-hetero) is 1. The first kappa shape index (κ1) is 18.4. The number of nitrogens with two attached hydrogens (primary N) is 1. The number of aromatic amines is 1. The van der Waals surface area contributed by atoms with E-state index in [9.17, 15) is 9.18 Å². The Morgan fingerprint density at radius 3 is 2.64 bits per heavy atom. The van der Waals surface area contributed by atoms with Crippen LogP contribution in [0.15, 0.2) is 42.6 Å². The Balaban J connectivity index is 1.84. The van der Waals surface area contributed by atoms with Crippen molar-refractivity contribution in [2.24, 2.45) is 11.8 Å². The molecule has 144 valence electrons. The first-order chi connectivity index (χ1) is 13.4. The molecule has 4 nitrogen and oxygen atoms in total. The highest BCUT2D eigenvalue weighted by atomic mass is 19.1. The van der Waals surface area contributed by atoms with Gasteiger partial charge in [0.1, 0.15) is 11.6 Å². The largest absolute Gasteiger partial charge is 0.384 e. The minimum absolute atomic E-state index is 0.182. The van der Waals surface area contributed by atoms with Gasteiger partial charge >= 0.3 is 0 Å². The predicted molar refractivity (Wildman–Crippen MR) is 109 cm³/mol. The van der Waals surface area contributed by atoms with Crippen molar-refractivity contribution in [3.63, 3.8) is 0 Å². The first-order valence-corrected chi connectivity index (χ1v) is 9.65. The fraction of sp³-hybridized carbons (Fsp3) is 0.304. The second-order valence-corrected chi connectivity index (χ2v) is 7.94. The Labute approximate surface area is 164 Å². The van der Waals surface area contributed by atoms with Crippen molar-refractivity contribution in [3.8, 4) is 11.3 Å². The van der Waals surface area contributed by atoms with Gasteiger partial charge in [0.15, 0.2) is 5.78 Å². The standard InChI is InChI=1S/C23H24FN3O/c1-13(2)16-10-19-22(20(28)11-16)18(9-14-3-5-17(24)6-4-14)23(27-19)15-7-8-26-21(25)12-15/h3-8,12-13,16,27H,9-11H2,1-2H3,(H2,25,26)/t16-/m1/s1. The summed E-state index contributed by atoms with van der Waals surface area (Å²) in [6, 6.07) is 10.2. The van der Waals surface area contributed by atoms with Gasteiger partial charge in [0.2, 0.25) is 0 Å². The molecule has 0 amide bonds. The van der Waals surface area contributed by atoms with Crippen molar-refractivity contribution in [2.45, 2.75) is 33.1 Å². The number of hydrogen-bond acceptors (Lipinski definition) is 3. The number of halogens is 1. The lowest BCUT2D eigenvalue weighted by atomic mass is 9.79. The molecule has 3 N–H and O–H groups in total. The number of carbonyl (C=O) groups excluding carboxylic acids is 1. The van der Waals surface area contributed by atoms with Crippen LogP contribution in [0, 0.1) is 17.7 Å². The fourth-order valence-electron chi connectivity index (χ4n) is 4.07. The van der Waals surface area contributed by atoms with Gasteiger partial charge in [-0.3, -0.25) is 4.79 Å². The van der Waals surface area contributed by atoms with Gasteiger partial charge in [-0.25, -0.2) is 9.37 Å². The van der Waals surface area contributed by atoms with Gasteiger partial charge in [-0.2, -0.15) is 0 Å². The van der Waals surface area contributed by atoms with Crippen LogP contribution in [-0.2, 0) is 12.8 Å². The number of nitrogens with one attached hydrogen (secondary N) is 1. The van der Waals surface area contributed by atoms with Crippen molar-refractivity contribution < 1.29 is 9.18 Å². The van der Waals surface area contributed by atoms with E-state index in [1.165, 1.54) is 12.1 Å². The third-order valence-electron chi connectivity index (χ3n) is 5.68. The molecule has 5 heteroatoms. The number of hydrogen-bond donors (Lipinski definition) is 2. The number of ketones is 1. The van der Waals surface area contributed by atoms with E-state index < -0.39 is 0 Å². The Morgan fingerprint density at radius 2 is 1.96 bits per heavy atom. The van der Waals surface area contributed by atoms with Crippen LogP contribution in [-0.4, -0.2) is 15.8 Å². The van der Waals surface area contributed by atoms with E-state index in [2.05, 4.69) is 23.8 Å². The number of rotatable bonds is 4. The maximum Gasteiger partial charge on any atom is 0.165 e. The lowest BCUT2D eigenvalue weighted by Crippen LogP contribution is -2.24. The quantitative estimate of drug-likeness (QED) is 0.687. The molecule has 0 spiro atoms. The van der Waals surface area contributed by atoms with E-state index in [0.29, 0.717) is 30.5 Å². The Hall–Kier alpha value is -2.95. The predicted octanol–water partition coefficient (Wildman–Crippen LogP) is 4.79. The van der Waals surface area contributed by atoms with E-state index in [0.717, 1.165) is 40.1 Å². The van der Waals surface area contributed by atoms with Crippen LogP contribution in [0.2, 0.25) is 0 Å². The second kappa shape index (κ2) is 7.23. The van der Waals surface area contributed by atoms with Crippen LogP contribution in [0.4, 0.5) is 10.2 Å². The summed E-state index contributed by atoms with van der Waals surface area (Å²) in [4.78, 5) is 20.7. The molecule has 4 rings (SSSR count). The van der Waals surface area contributed by atoms with Gasteiger partial charge in [0.05, 0.1) is 5.69 Å². The van der Waals surface area contributed by atoms with Gasteiger partial charge in [-0.05, 0) is 53.6 Å². The molecular formula is C23H24FN3O. The third kappa shape index (κ3) is 3.44. The van der Waals surface area contributed by atoms with E-state index in [1.54, 1.807) is 18.3 Å². The molecule has 0 unspecified atom stereocenters. The monoisotopic (exact) mass is 377 g/mol. The highest BCUT2D eigenvalue weighted by Crippen LogP contribution is 2.38. The molecule has 28 heavy (non-hydrogen) atoms. The van der Waals surface area contributed by atoms with Crippen molar-refractivity contribution in [1.82, 2.24) is 9.97 Å². The summed E-state index contributed by atoms with van der Waals surface area (Å²) in [5.41, 5.74) is 11.4.